The standard InChI is InChI=1S/C19H24N8O/c28-15-2-5-19(9-26(15)7-3-14-8-20-11-21-14)4-1-6-27(10-19)18-16-17(23-12-22-16)24-13-25-18/h8,11-13H,1-7,9-10H2,(H,20,21)(H,22,23,24,25). The fourth-order valence-corrected chi connectivity index (χ4v) is 4.70. The van der Waals surface area contributed by atoms with E-state index in [9.17, 15) is 4.79 Å². The summed E-state index contributed by atoms with van der Waals surface area (Å²) in [4.78, 5) is 40.3. The van der Waals surface area contributed by atoms with Crippen LogP contribution in [0.15, 0.2) is 25.2 Å². The maximum Gasteiger partial charge on any atom is 0.222 e. The normalized spacial score (nSPS) is 23.1. The minimum atomic E-state index is 0.122. The van der Waals surface area contributed by atoms with Crippen molar-refractivity contribution in [1.29, 1.82) is 0 Å². The van der Waals surface area contributed by atoms with E-state index < -0.39 is 0 Å². The largest absolute Gasteiger partial charge is 0.354 e. The van der Waals surface area contributed by atoms with Crippen molar-refractivity contribution in [2.45, 2.75) is 32.1 Å². The zero-order valence-corrected chi connectivity index (χ0v) is 15.8. The Balaban J connectivity index is 1.34. The Morgan fingerprint density at radius 1 is 1.11 bits per heavy atom. The number of anilines is 1. The van der Waals surface area contributed by atoms with E-state index >= 15 is 0 Å². The van der Waals surface area contributed by atoms with Crippen molar-refractivity contribution in [3.05, 3.63) is 30.9 Å². The van der Waals surface area contributed by atoms with Crippen LogP contribution in [-0.2, 0) is 11.2 Å². The third-order valence-electron chi connectivity index (χ3n) is 6.12. The number of carbonyl (C=O) groups is 1. The number of H-pyrrole nitrogens is 2. The molecule has 1 spiro atoms. The van der Waals surface area contributed by atoms with Crippen LogP contribution in [0.2, 0.25) is 0 Å². The van der Waals surface area contributed by atoms with Gasteiger partial charge >= 0.3 is 0 Å². The Hall–Kier alpha value is -2.97. The first-order chi connectivity index (χ1) is 13.7. The molecule has 1 amide bonds. The van der Waals surface area contributed by atoms with E-state index in [1.165, 1.54) is 0 Å². The van der Waals surface area contributed by atoms with E-state index in [0.717, 1.165) is 68.9 Å². The van der Waals surface area contributed by atoms with Gasteiger partial charge in [0, 0.05) is 56.3 Å². The number of aromatic amines is 2. The van der Waals surface area contributed by atoms with Crippen LogP contribution in [0.3, 0.4) is 0 Å². The zero-order chi connectivity index (χ0) is 19.0. The van der Waals surface area contributed by atoms with Crippen LogP contribution in [0.4, 0.5) is 5.82 Å². The molecule has 0 aromatic carbocycles. The Morgan fingerprint density at radius 3 is 2.96 bits per heavy atom. The molecule has 2 aliphatic heterocycles. The van der Waals surface area contributed by atoms with Gasteiger partial charge < -0.3 is 19.8 Å². The SMILES string of the molecule is O=C1CCC2(CCCN(c3ncnc4nc[nH]c34)C2)CN1CCc1cnc[nH]1. The summed E-state index contributed by atoms with van der Waals surface area (Å²) in [5.74, 6) is 1.18. The predicted molar refractivity (Wildman–Crippen MR) is 104 cm³/mol. The fraction of sp³-hybridized carbons (Fsp3) is 0.526. The predicted octanol–water partition coefficient (Wildman–Crippen LogP) is 1.53. The minimum Gasteiger partial charge on any atom is -0.354 e. The third kappa shape index (κ3) is 3.10. The molecule has 9 heteroatoms. The van der Waals surface area contributed by atoms with Gasteiger partial charge in [-0.2, -0.15) is 0 Å². The molecule has 1 unspecified atom stereocenters. The average Bonchev–Trinajstić information content (AvgIpc) is 3.40. The number of hydrogen-bond donors (Lipinski definition) is 2. The van der Waals surface area contributed by atoms with Gasteiger partial charge in [-0.05, 0) is 19.3 Å². The topological polar surface area (TPSA) is 107 Å². The summed E-state index contributed by atoms with van der Waals surface area (Å²) in [5.41, 5.74) is 2.78. The van der Waals surface area contributed by atoms with E-state index in [2.05, 4.69) is 34.8 Å². The molecule has 1 atom stereocenters. The highest BCUT2D eigenvalue weighted by molar-refractivity contribution is 5.82. The molecule has 28 heavy (non-hydrogen) atoms. The first-order valence-electron chi connectivity index (χ1n) is 9.87. The number of nitrogens with zero attached hydrogens (tertiary/aromatic N) is 6. The van der Waals surface area contributed by atoms with Crippen molar-refractivity contribution >= 4 is 22.9 Å². The second kappa shape index (κ2) is 6.88. The van der Waals surface area contributed by atoms with Crippen molar-refractivity contribution in [3.63, 3.8) is 0 Å². The molecule has 146 valence electrons. The van der Waals surface area contributed by atoms with Gasteiger partial charge in [-0.15, -0.1) is 0 Å². The van der Waals surface area contributed by atoms with Gasteiger partial charge in [-0.3, -0.25) is 4.79 Å². The number of amides is 1. The fourth-order valence-electron chi connectivity index (χ4n) is 4.70. The maximum absolute atomic E-state index is 12.5. The van der Waals surface area contributed by atoms with Crippen LogP contribution < -0.4 is 4.90 Å². The number of hydrogen-bond acceptors (Lipinski definition) is 6. The summed E-state index contributed by atoms with van der Waals surface area (Å²) in [7, 11) is 0. The number of aromatic nitrogens is 6. The lowest BCUT2D eigenvalue weighted by Crippen LogP contribution is -2.54. The Morgan fingerprint density at radius 2 is 2.07 bits per heavy atom. The van der Waals surface area contributed by atoms with Gasteiger partial charge in [0.2, 0.25) is 5.91 Å². The number of carbonyl (C=O) groups excluding carboxylic acids is 1. The van der Waals surface area contributed by atoms with Gasteiger partial charge in [0.15, 0.2) is 11.5 Å². The number of rotatable bonds is 4. The molecule has 0 aliphatic carbocycles. The van der Waals surface area contributed by atoms with Gasteiger partial charge in [-0.25, -0.2) is 19.9 Å². The van der Waals surface area contributed by atoms with Crippen LogP contribution in [-0.4, -0.2) is 66.9 Å². The highest BCUT2D eigenvalue weighted by Crippen LogP contribution is 2.40. The number of nitrogens with one attached hydrogen (secondary N) is 2. The summed E-state index contributed by atoms with van der Waals surface area (Å²) in [6, 6.07) is 0. The van der Waals surface area contributed by atoms with Gasteiger partial charge in [0.25, 0.3) is 0 Å². The molecule has 9 nitrogen and oxygen atoms in total. The van der Waals surface area contributed by atoms with Crippen molar-refractivity contribution in [1.82, 2.24) is 34.8 Å². The summed E-state index contributed by atoms with van der Waals surface area (Å²) in [5, 5.41) is 0. The minimum absolute atomic E-state index is 0.122. The Kier molecular flexibility index (Phi) is 4.22. The lowest BCUT2D eigenvalue weighted by Gasteiger charge is -2.48. The van der Waals surface area contributed by atoms with E-state index in [1.54, 1.807) is 19.0 Å². The second-order valence-electron chi connectivity index (χ2n) is 7.97. The molecule has 0 saturated carbocycles. The van der Waals surface area contributed by atoms with Crippen molar-refractivity contribution in [3.8, 4) is 0 Å². The molecule has 3 aromatic heterocycles. The summed E-state index contributed by atoms with van der Waals surface area (Å²) in [6.45, 7) is 3.43. The first-order valence-corrected chi connectivity index (χ1v) is 9.87. The quantitative estimate of drug-likeness (QED) is 0.711. The molecule has 2 aliphatic rings. The van der Waals surface area contributed by atoms with Crippen molar-refractivity contribution in [2.24, 2.45) is 5.41 Å². The number of fused-ring (bicyclic) bond motifs is 1. The van der Waals surface area contributed by atoms with Gasteiger partial charge in [0.1, 0.15) is 11.8 Å². The number of piperidine rings is 2. The molecular weight excluding hydrogens is 356 g/mol. The van der Waals surface area contributed by atoms with Crippen LogP contribution >= 0.6 is 0 Å². The molecule has 2 fully saturated rings. The van der Waals surface area contributed by atoms with Crippen LogP contribution in [0.5, 0.6) is 0 Å². The first kappa shape index (κ1) is 17.2. The number of likely N-dealkylation sites (tertiary alicyclic amines) is 1. The molecule has 2 saturated heterocycles. The van der Waals surface area contributed by atoms with E-state index in [-0.39, 0.29) is 11.3 Å². The lowest BCUT2D eigenvalue weighted by atomic mass is 9.73. The monoisotopic (exact) mass is 380 g/mol. The molecule has 0 bridgehead atoms. The summed E-state index contributed by atoms with van der Waals surface area (Å²) < 4.78 is 0. The van der Waals surface area contributed by atoms with Crippen LogP contribution in [0.25, 0.3) is 11.2 Å². The highest BCUT2D eigenvalue weighted by Gasteiger charge is 2.42. The van der Waals surface area contributed by atoms with Gasteiger partial charge in [0.05, 0.1) is 12.7 Å². The zero-order valence-electron chi connectivity index (χ0n) is 15.8. The molecule has 2 N–H and O–H groups in total. The third-order valence-corrected chi connectivity index (χ3v) is 6.12. The Bertz CT molecular complexity index is 967. The molecule has 3 aromatic rings. The van der Waals surface area contributed by atoms with Crippen molar-refractivity contribution in [2.75, 3.05) is 31.1 Å². The summed E-state index contributed by atoms with van der Waals surface area (Å²) >= 11 is 0. The van der Waals surface area contributed by atoms with Crippen LogP contribution in [0.1, 0.15) is 31.4 Å². The molecule has 0 radical (unpaired) electrons. The van der Waals surface area contributed by atoms with Crippen LogP contribution in [0, 0.1) is 5.41 Å². The van der Waals surface area contributed by atoms with E-state index in [4.69, 9.17) is 0 Å². The second-order valence-corrected chi connectivity index (χ2v) is 7.97. The highest BCUT2D eigenvalue weighted by atomic mass is 16.2. The molecule has 5 rings (SSSR count). The number of imidazole rings is 2. The smallest absolute Gasteiger partial charge is 0.222 e. The lowest BCUT2D eigenvalue weighted by molar-refractivity contribution is -0.137. The average molecular weight is 380 g/mol. The van der Waals surface area contributed by atoms with E-state index in [0.29, 0.717) is 12.1 Å². The maximum atomic E-state index is 12.5. The molecular formula is C19H24N8O. The van der Waals surface area contributed by atoms with Gasteiger partial charge in [-0.1, -0.05) is 0 Å². The Labute approximate surface area is 162 Å². The van der Waals surface area contributed by atoms with E-state index in [1.807, 2.05) is 11.1 Å². The summed E-state index contributed by atoms with van der Waals surface area (Å²) in [6.07, 6.45) is 11.4. The molecule has 5 heterocycles. The van der Waals surface area contributed by atoms with Crippen molar-refractivity contribution < 1.29 is 4.79 Å².